The molecule has 0 aliphatic rings. The molecule has 0 spiro atoms. The summed E-state index contributed by atoms with van der Waals surface area (Å²) in [4.78, 5) is 10.6. The van der Waals surface area contributed by atoms with Gasteiger partial charge in [0, 0.05) is 12.0 Å². The molecule has 0 aromatic carbocycles. The van der Waals surface area contributed by atoms with Gasteiger partial charge in [-0.25, -0.2) is 4.79 Å². The van der Waals surface area contributed by atoms with Gasteiger partial charge in [0.15, 0.2) is 6.10 Å². The number of carbonyl (C=O) groups is 1. The Kier molecular flexibility index (Phi) is 3.93. The lowest BCUT2D eigenvalue weighted by Gasteiger charge is -2.14. The molecule has 1 atom stereocenters. The fourth-order valence-corrected chi connectivity index (χ4v) is 0.577. The van der Waals surface area contributed by atoms with E-state index in [2.05, 4.69) is 11.3 Å². The summed E-state index contributed by atoms with van der Waals surface area (Å²) in [6.07, 6.45) is -8.17. The van der Waals surface area contributed by atoms with Crippen LogP contribution in [0.3, 0.4) is 0 Å². The normalized spacial score (nSPS) is 13.6. The molecule has 3 nitrogen and oxygen atoms in total. The van der Waals surface area contributed by atoms with Crippen LogP contribution in [0.5, 0.6) is 0 Å². The smallest absolute Gasteiger partial charge is 0.414 e. The van der Waals surface area contributed by atoms with Gasteiger partial charge in [-0.3, -0.25) is 0 Å². The molecule has 0 bridgehead atoms. The number of aliphatic hydroxyl groups excluding tert-OH is 1. The Bertz CT molecular complexity index is 210. The number of aliphatic hydroxyl groups is 1. The van der Waals surface area contributed by atoms with Gasteiger partial charge in [0.05, 0.1) is 7.11 Å². The maximum atomic E-state index is 11.7. The summed E-state index contributed by atoms with van der Waals surface area (Å²) in [7, 11) is 1.02. The van der Waals surface area contributed by atoms with Crippen LogP contribution in [-0.4, -0.2) is 30.5 Å². The average Bonchev–Trinajstić information content (AvgIpc) is 2.01. The fourth-order valence-electron chi connectivity index (χ4n) is 0.577. The summed E-state index contributed by atoms with van der Waals surface area (Å²) in [6.45, 7) is 3.04. The summed E-state index contributed by atoms with van der Waals surface area (Å²) in [5, 5.41) is 8.51. The third kappa shape index (κ3) is 3.93. The molecule has 0 amide bonds. The number of rotatable bonds is 3. The van der Waals surface area contributed by atoms with Crippen molar-refractivity contribution in [1.82, 2.24) is 0 Å². The highest BCUT2D eigenvalue weighted by Crippen LogP contribution is 2.24. The predicted octanol–water partition coefficient (Wildman–Crippen LogP) is 1.03. The fraction of sp³-hybridized carbons (Fsp3) is 0.571. The van der Waals surface area contributed by atoms with Gasteiger partial charge in [-0.1, -0.05) is 6.58 Å². The van der Waals surface area contributed by atoms with Crippen LogP contribution in [0.25, 0.3) is 0 Å². The van der Waals surface area contributed by atoms with Crippen molar-refractivity contribution in [2.75, 3.05) is 7.11 Å². The van der Waals surface area contributed by atoms with Gasteiger partial charge in [0.2, 0.25) is 0 Å². The Hall–Kier alpha value is -1.04. The number of hydrogen-bond donors (Lipinski definition) is 1. The van der Waals surface area contributed by atoms with Crippen LogP contribution in [0.4, 0.5) is 13.2 Å². The first kappa shape index (κ1) is 12.0. The molecule has 0 rings (SSSR count). The summed E-state index contributed by atoms with van der Waals surface area (Å²) in [6, 6.07) is 0. The predicted molar refractivity (Wildman–Crippen MR) is 37.8 cm³/mol. The molecule has 0 radical (unpaired) electrons. The van der Waals surface area contributed by atoms with E-state index in [1.54, 1.807) is 0 Å². The van der Waals surface area contributed by atoms with E-state index in [9.17, 15) is 18.0 Å². The van der Waals surface area contributed by atoms with Crippen LogP contribution >= 0.6 is 0 Å². The lowest BCUT2D eigenvalue weighted by Crippen LogP contribution is -2.29. The zero-order valence-electron chi connectivity index (χ0n) is 6.89. The Balaban J connectivity index is 4.15. The third-order valence-corrected chi connectivity index (χ3v) is 1.29. The van der Waals surface area contributed by atoms with Gasteiger partial charge in [-0.05, 0) is 0 Å². The standard InChI is InChI=1S/C7H9F3O3/c1-4(6(12)13-2)3-5(11)7(8,9)10/h5,11H,1,3H2,2H3/t5-/m1/s1. The van der Waals surface area contributed by atoms with Crippen molar-refractivity contribution >= 4 is 5.97 Å². The molecule has 0 aliphatic carbocycles. The van der Waals surface area contributed by atoms with Gasteiger partial charge >= 0.3 is 12.1 Å². The second-order valence-electron chi connectivity index (χ2n) is 2.36. The second-order valence-corrected chi connectivity index (χ2v) is 2.36. The van der Waals surface area contributed by atoms with E-state index in [0.717, 1.165) is 7.11 Å². The summed E-state index contributed by atoms with van der Waals surface area (Å²) >= 11 is 0. The molecule has 0 saturated heterocycles. The van der Waals surface area contributed by atoms with Crippen LogP contribution in [0.1, 0.15) is 6.42 Å². The van der Waals surface area contributed by atoms with Crippen molar-refractivity contribution in [1.29, 1.82) is 0 Å². The molecule has 0 aromatic heterocycles. The first-order chi connectivity index (χ1) is 5.79. The van der Waals surface area contributed by atoms with Gasteiger partial charge in [-0.2, -0.15) is 13.2 Å². The van der Waals surface area contributed by atoms with Crippen LogP contribution in [-0.2, 0) is 9.53 Å². The Morgan fingerprint density at radius 2 is 2.08 bits per heavy atom. The Morgan fingerprint density at radius 3 is 2.38 bits per heavy atom. The topological polar surface area (TPSA) is 46.5 Å². The summed E-state index contributed by atoms with van der Waals surface area (Å²) in [5.74, 6) is -0.955. The lowest BCUT2D eigenvalue weighted by molar-refractivity contribution is -0.203. The minimum atomic E-state index is -4.74. The van der Waals surface area contributed by atoms with Crippen molar-refractivity contribution in [3.05, 3.63) is 12.2 Å². The van der Waals surface area contributed by atoms with Gasteiger partial charge in [-0.15, -0.1) is 0 Å². The van der Waals surface area contributed by atoms with E-state index in [4.69, 9.17) is 5.11 Å². The molecule has 13 heavy (non-hydrogen) atoms. The Morgan fingerprint density at radius 1 is 1.62 bits per heavy atom. The molecule has 76 valence electrons. The quantitative estimate of drug-likeness (QED) is 0.544. The van der Waals surface area contributed by atoms with Gasteiger partial charge in [0.25, 0.3) is 0 Å². The van der Waals surface area contributed by atoms with Gasteiger partial charge in [0.1, 0.15) is 0 Å². The number of alkyl halides is 3. The summed E-state index contributed by atoms with van der Waals surface area (Å²) in [5.41, 5.74) is -0.410. The number of halogens is 3. The number of hydrogen-bond acceptors (Lipinski definition) is 3. The van der Waals surface area contributed by atoms with Crippen molar-refractivity contribution in [3.63, 3.8) is 0 Å². The highest BCUT2D eigenvalue weighted by Gasteiger charge is 2.38. The number of carbonyl (C=O) groups excluding carboxylic acids is 1. The zero-order chi connectivity index (χ0) is 10.6. The van der Waals surface area contributed by atoms with Crippen LogP contribution in [0, 0.1) is 0 Å². The van der Waals surface area contributed by atoms with E-state index in [1.165, 1.54) is 0 Å². The molecular weight excluding hydrogens is 189 g/mol. The van der Waals surface area contributed by atoms with Crippen molar-refractivity contribution in [3.8, 4) is 0 Å². The van der Waals surface area contributed by atoms with Crippen molar-refractivity contribution < 1.29 is 27.8 Å². The second kappa shape index (κ2) is 4.27. The van der Waals surface area contributed by atoms with Crippen molar-refractivity contribution in [2.24, 2.45) is 0 Å². The number of esters is 1. The van der Waals surface area contributed by atoms with Crippen molar-refractivity contribution in [2.45, 2.75) is 18.7 Å². The molecule has 6 heteroatoms. The average molecular weight is 198 g/mol. The molecule has 0 fully saturated rings. The highest BCUT2D eigenvalue weighted by atomic mass is 19.4. The van der Waals surface area contributed by atoms with Crippen LogP contribution < -0.4 is 0 Å². The van der Waals surface area contributed by atoms with Crippen LogP contribution in [0.2, 0.25) is 0 Å². The largest absolute Gasteiger partial charge is 0.466 e. The minimum Gasteiger partial charge on any atom is -0.466 e. The van der Waals surface area contributed by atoms with E-state index < -0.39 is 30.2 Å². The maximum absolute atomic E-state index is 11.7. The van der Waals surface area contributed by atoms with E-state index in [0.29, 0.717) is 0 Å². The highest BCUT2D eigenvalue weighted by molar-refractivity contribution is 5.87. The first-order valence-corrected chi connectivity index (χ1v) is 3.30. The number of ether oxygens (including phenoxy) is 1. The van der Waals surface area contributed by atoms with Gasteiger partial charge < -0.3 is 9.84 Å². The SMILES string of the molecule is C=C(C[C@@H](O)C(F)(F)F)C(=O)OC. The van der Waals surface area contributed by atoms with E-state index in [-0.39, 0.29) is 0 Å². The molecule has 0 heterocycles. The monoisotopic (exact) mass is 198 g/mol. The van der Waals surface area contributed by atoms with Crippen LogP contribution in [0.15, 0.2) is 12.2 Å². The number of methoxy groups -OCH3 is 1. The molecule has 0 aromatic rings. The first-order valence-electron chi connectivity index (χ1n) is 3.30. The maximum Gasteiger partial charge on any atom is 0.414 e. The zero-order valence-corrected chi connectivity index (χ0v) is 6.89. The van der Waals surface area contributed by atoms with E-state index in [1.807, 2.05) is 0 Å². The molecular formula is C7H9F3O3. The Labute approximate surface area is 72.8 Å². The molecule has 1 N–H and O–H groups in total. The summed E-state index contributed by atoms with van der Waals surface area (Å²) < 4.78 is 39.3. The molecule has 0 saturated carbocycles. The molecule has 0 aliphatic heterocycles. The molecule has 0 unspecified atom stereocenters. The van der Waals surface area contributed by atoms with E-state index >= 15 is 0 Å². The minimum absolute atomic E-state index is 0.410. The third-order valence-electron chi connectivity index (χ3n) is 1.29. The lowest BCUT2D eigenvalue weighted by atomic mass is 10.1.